The molecule has 0 bridgehead atoms. The van der Waals surface area contributed by atoms with Crippen LogP contribution in [-0.4, -0.2) is 21.9 Å². The highest BCUT2D eigenvalue weighted by atomic mass is 79.9. The first kappa shape index (κ1) is 15.0. The van der Waals surface area contributed by atoms with Crippen molar-refractivity contribution in [2.45, 2.75) is 16.9 Å². The number of alkyl halides is 6. The zero-order valence-corrected chi connectivity index (χ0v) is 11.4. The summed E-state index contributed by atoms with van der Waals surface area (Å²) < 4.78 is 64.5. The molecule has 0 amide bonds. The molecule has 20 heavy (non-hydrogen) atoms. The van der Waals surface area contributed by atoms with E-state index in [-0.39, 0.29) is 5.56 Å². The van der Waals surface area contributed by atoms with Gasteiger partial charge in [-0.05, 0) is 12.1 Å². The Hall–Kier alpha value is -1.44. The molecular formula is C12H8BrF5N2. The van der Waals surface area contributed by atoms with E-state index in [1.807, 2.05) is 0 Å². The maximum Gasteiger partial charge on any atom is 0.454 e. The Bertz CT molecular complexity index is 579. The minimum atomic E-state index is -5.63. The number of aromatic nitrogens is 2. The van der Waals surface area contributed by atoms with Crippen molar-refractivity contribution >= 4 is 15.9 Å². The molecule has 108 valence electrons. The highest BCUT2D eigenvalue weighted by Gasteiger charge is 2.62. The first-order valence-electron chi connectivity index (χ1n) is 5.42. The molecule has 0 saturated heterocycles. The van der Waals surface area contributed by atoms with Gasteiger partial charge in [0, 0.05) is 11.8 Å². The monoisotopic (exact) mass is 354 g/mol. The topological polar surface area (TPSA) is 17.8 Å². The largest absolute Gasteiger partial charge is 0.454 e. The number of para-hydroxylation sites is 1. The van der Waals surface area contributed by atoms with Gasteiger partial charge in [-0.25, -0.2) is 4.68 Å². The first-order valence-corrected chi connectivity index (χ1v) is 6.33. The van der Waals surface area contributed by atoms with E-state index < -0.39 is 16.9 Å². The lowest BCUT2D eigenvalue weighted by atomic mass is 10.1. The maximum absolute atomic E-state index is 13.2. The van der Waals surface area contributed by atoms with Gasteiger partial charge in [-0.2, -0.15) is 27.1 Å². The Morgan fingerprint density at radius 3 is 2.20 bits per heavy atom. The summed E-state index contributed by atoms with van der Waals surface area (Å²) in [6, 6.07) is 8.46. The maximum atomic E-state index is 13.2. The van der Waals surface area contributed by atoms with Crippen LogP contribution in [0.5, 0.6) is 0 Å². The molecule has 0 saturated carbocycles. The third-order valence-electron chi connectivity index (χ3n) is 2.61. The predicted octanol–water partition coefficient (Wildman–Crippen LogP) is 4.51. The standard InChI is InChI=1S/C12H8BrF5N2/c13-10(11(14,15)12(16,17)18)8-6-19-20(7-8)9-4-2-1-3-5-9/h1-7,10H. The van der Waals surface area contributed by atoms with E-state index in [1.165, 1.54) is 4.68 Å². The second-order valence-electron chi connectivity index (χ2n) is 4.04. The number of nitrogens with zero attached hydrogens (tertiary/aromatic N) is 2. The summed E-state index contributed by atoms with van der Waals surface area (Å²) in [5.74, 6) is -4.88. The second kappa shape index (κ2) is 5.16. The van der Waals surface area contributed by atoms with Gasteiger partial charge in [0.05, 0.1) is 11.9 Å². The average Bonchev–Trinajstić information content (AvgIpc) is 2.87. The molecule has 1 aromatic carbocycles. The minimum absolute atomic E-state index is 0.254. The molecule has 2 aromatic rings. The van der Waals surface area contributed by atoms with E-state index in [0.29, 0.717) is 5.69 Å². The molecule has 1 atom stereocenters. The third-order valence-corrected chi connectivity index (χ3v) is 3.72. The molecule has 1 unspecified atom stereocenters. The fourth-order valence-electron chi connectivity index (χ4n) is 1.54. The molecule has 0 radical (unpaired) electrons. The molecule has 8 heteroatoms. The van der Waals surface area contributed by atoms with Crippen molar-refractivity contribution in [2.24, 2.45) is 0 Å². The van der Waals surface area contributed by atoms with Crippen LogP contribution >= 0.6 is 15.9 Å². The van der Waals surface area contributed by atoms with E-state index in [2.05, 4.69) is 21.0 Å². The second-order valence-corrected chi connectivity index (χ2v) is 4.95. The minimum Gasteiger partial charge on any atom is -0.241 e. The van der Waals surface area contributed by atoms with Gasteiger partial charge in [-0.3, -0.25) is 0 Å². The zero-order chi connectivity index (χ0) is 15.0. The van der Waals surface area contributed by atoms with Gasteiger partial charge >= 0.3 is 12.1 Å². The van der Waals surface area contributed by atoms with Gasteiger partial charge in [-0.1, -0.05) is 34.1 Å². The SMILES string of the molecule is FC(F)(F)C(F)(F)C(Br)c1cnn(-c2ccccc2)c1. The number of halogens is 6. The summed E-state index contributed by atoms with van der Waals surface area (Å²) in [4.78, 5) is -2.19. The van der Waals surface area contributed by atoms with Gasteiger partial charge < -0.3 is 0 Å². The molecule has 0 N–H and O–H groups in total. The van der Waals surface area contributed by atoms with Crippen LogP contribution in [0, 0.1) is 0 Å². The lowest BCUT2D eigenvalue weighted by Crippen LogP contribution is -2.39. The number of rotatable bonds is 3. The van der Waals surface area contributed by atoms with Crippen LogP contribution in [-0.2, 0) is 0 Å². The number of hydrogen-bond acceptors (Lipinski definition) is 1. The molecular weight excluding hydrogens is 347 g/mol. The Balaban J connectivity index is 2.30. The van der Waals surface area contributed by atoms with E-state index in [0.717, 1.165) is 12.4 Å². The van der Waals surface area contributed by atoms with Crippen molar-refractivity contribution < 1.29 is 22.0 Å². The van der Waals surface area contributed by atoms with Gasteiger partial charge in [0.1, 0.15) is 4.83 Å². The zero-order valence-electron chi connectivity index (χ0n) is 9.78. The smallest absolute Gasteiger partial charge is 0.241 e. The van der Waals surface area contributed by atoms with Gasteiger partial charge in [0.15, 0.2) is 0 Å². The summed E-state index contributed by atoms with van der Waals surface area (Å²) in [7, 11) is 0. The Morgan fingerprint density at radius 1 is 1.05 bits per heavy atom. The number of hydrogen-bond donors (Lipinski definition) is 0. The van der Waals surface area contributed by atoms with Crippen molar-refractivity contribution in [3.63, 3.8) is 0 Å². The Labute approximate surface area is 119 Å². The van der Waals surface area contributed by atoms with E-state index in [4.69, 9.17) is 0 Å². The normalized spacial score (nSPS) is 14.3. The molecule has 0 aliphatic heterocycles. The van der Waals surface area contributed by atoms with Crippen LogP contribution < -0.4 is 0 Å². The quantitative estimate of drug-likeness (QED) is 0.585. The lowest BCUT2D eigenvalue weighted by molar-refractivity contribution is -0.281. The highest BCUT2D eigenvalue weighted by molar-refractivity contribution is 9.09. The van der Waals surface area contributed by atoms with Crippen molar-refractivity contribution in [1.29, 1.82) is 0 Å². The van der Waals surface area contributed by atoms with E-state index >= 15 is 0 Å². The summed E-state index contributed by atoms with van der Waals surface area (Å²) in [5, 5.41) is 3.79. The van der Waals surface area contributed by atoms with Gasteiger partial charge in [0.25, 0.3) is 0 Å². The summed E-state index contributed by atoms with van der Waals surface area (Å²) in [6.45, 7) is 0. The van der Waals surface area contributed by atoms with E-state index in [1.54, 1.807) is 30.3 Å². The molecule has 0 fully saturated rings. The van der Waals surface area contributed by atoms with Crippen molar-refractivity contribution in [1.82, 2.24) is 9.78 Å². The Kier molecular flexibility index (Phi) is 3.86. The molecule has 2 nitrogen and oxygen atoms in total. The van der Waals surface area contributed by atoms with Crippen molar-refractivity contribution in [2.75, 3.05) is 0 Å². The molecule has 1 heterocycles. The number of benzene rings is 1. The lowest BCUT2D eigenvalue weighted by Gasteiger charge is -2.23. The summed E-state index contributed by atoms with van der Waals surface area (Å²) in [6.07, 6.45) is -3.52. The summed E-state index contributed by atoms with van der Waals surface area (Å²) >= 11 is 2.41. The van der Waals surface area contributed by atoms with Crippen LogP contribution in [0.15, 0.2) is 42.7 Å². The van der Waals surface area contributed by atoms with Crippen LogP contribution in [0.25, 0.3) is 5.69 Å². The highest BCUT2D eigenvalue weighted by Crippen LogP contribution is 2.48. The predicted molar refractivity (Wildman–Crippen MR) is 66.2 cm³/mol. The molecule has 0 spiro atoms. The van der Waals surface area contributed by atoms with Crippen LogP contribution in [0.3, 0.4) is 0 Å². The molecule has 2 rings (SSSR count). The fraction of sp³-hybridized carbons (Fsp3) is 0.250. The van der Waals surface area contributed by atoms with Gasteiger partial charge in [0.2, 0.25) is 0 Å². The molecule has 0 aliphatic carbocycles. The van der Waals surface area contributed by atoms with Gasteiger partial charge in [-0.15, -0.1) is 0 Å². The third kappa shape index (κ3) is 2.70. The van der Waals surface area contributed by atoms with E-state index in [9.17, 15) is 22.0 Å². The average molecular weight is 355 g/mol. The molecule has 1 aromatic heterocycles. The van der Waals surface area contributed by atoms with Crippen LogP contribution in [0.2, 0.25) is 0 Å². The van der Waals surface area contributed by atoms with Crippen molar-refractivity contribution in [3.8, 4) is 5.69 Å². The van der Waals surface area contributed by atoms with Crippen molar-refractivity contribution in [3.05, 3.63) is 48.3 Å². The summed E-state index contributed by atoms with van der Waals surface area (Å²) in [5.41, 5.74) is 0.310. The molecule has 0 aliphatic rings. The Morgan fingerprint density at radius 2 is 1.65 bits per heavy atom. The first-order chi connectivity index (χ1) is 9.23. The fourth-order valence-corrected chi connectivity index (χ4v) is 2.04. The van der Waals surface area contributed by atoms with Crippen LogP contribution in [0.4, 0.5) is 22.0 Å². The van der Waals surface area contributed by atoms with Crippen LogP contribution in [0.1, 0.15) is 10.4 Å².